The molecule has 0 amide bonds. The van der Waals surface area contributed by atoms with E-state index in [1.165, 1.54) is 0 Å². The summed E-state index contributed by atoms with van der Waals surface area (Å²) >= 11 is 0. The normalized spacial score (nSPS) is 15.0. The maximum atomic E-state index is 12.2. The molecule has 1 aromatic heterocycles. The lowest BCUT2D eigenvalue weighted by Crippen LogP contribution is -2.22. The average Bonchev–Trinajstić information content (AvgIpc) is 3.45. The van der Waals surface area contributed by atoms with Crippen molar-refractivity contribution in [1.82, 2.24) is 10.2 Å². The molecule has 10 heteroatoms. The number of sulfonamides is 2. The van der Waals surface area contributed by atoms with Gasteiger partial charge in [-0.15, -0.1) is 0 Å². The smallest absolute Gasteiger partial charge is 0.236 e. The maximum Gasteiger partial charge on any atom is 0.236 e. The van der Waals surface area contributed by atoms with Crippen molar-refractivity contribution in [3.8, 4) is 11.1 Å². The number of aromatic nitrogens is 2. The molecule has 0 spiro atoms. The first-order valence-corrected chi connectivity index (χ1v) is 12.4. The molecular formula is C19H22N4O4S2. The van der Waals surface area contributed by atoms with Crippen LogP contribution in [0.5, 0.6) is 0 Å². The highest BCUT2D eigenvalue weighted by atomic mass is 32.2. The van der Waals surface area contributed by atoms with Crippen molar-refractivity contribution in [3.05, 3.63) is 42.5 Å². The van der Waals surface area contributed by atoms with Crippen molar-refractivity contribution in [2.75, 3.05) is 9.44 Å². The van der Waals surface area contributed by atoms with E-state index in [2.05, 4.69) is 19.6 Å². The van der Waals surface area contributed by atoms with E-state index in [9.17, 15) is 16.8 Å². The van der Waals surface area contributed by atoms with Crippen molar-refractivity contribution in [2.24, 2.45) is 0 Å². The van der Waals surface area contributed by atoms with Gasteiger partial charge in [0.2, 0.25) is 20.0 Å². The Balaban J connectivity index is 1.63. The van der Waals surface area contributed by atoms with Crippen LogP contribution in [0.15, 0.2) is 42.5 Å². The lowest BCUT2D eigenvalue weighted by molar-refractivity contribution is 0.592. The molecule has 0 aliphatic heterocycles. The predicted molar refractivity (Wildman–Crippen MR) is 115 cm³/mol. The van der Waals surface area contributed by atoms with Crippen LogP contribution >= 0.6 is 0 Å². The standard InChI is InChI=1S/C19H22N4O4S2/c1-12(2)28(24,25)23-19-17-9-6-14(11-18(17)20-21-19)13-4-3-5-15(10-13)22-29(26,27)16-7-8-16/h3-6,9-12,16,22H,7-8H2,1-2H3,(H2,20,21,23). The highest BCUT2D eigenvalue weighted by molar-refractivity contribution is 7.93. The first kappa shape index (κ1) is 19.7. The van der Waals surface area contributed by atoms with Crippen molar-refractivity contribution in [1.29, 1.82) is 0 Å². The zero-order valence-corrected chi connectivity index (χ0v) is 17.6. The number of benzene rings is 2. The van der Waals surface area contributed by atoms with Crippen LogP contribution in [0, 0.1) is 0 Å². The summed E-state index contributed by atoms with van der Waals surface area (Å²) in [6, 6.07) is 12.7. The minimum atomic E-state index is -3.50. The molecule has 1 aliphatic rings. The highest BCUT2D eigenvalue weighted by Gasteiger charge is 2.35. The molecular weight excluding hydrogens is 412 g/mol. The second kappa shape index (κ2) is 7.03. The number of nitrogens with zero attached hydrogens (tertiary/aromatic N) is 1. The van der Waals surface area contributed by atoms with Crippen molar-refractivity contribution >= 4 is 42.5 Å². The Morgan fingerprint density at radius 1 is 1.00 bits per heavy atom. The molecule has 1 aliphatic carbocycles. The Bertz CT molecular complexity index is 1280. The van der Waals surface area contributed by atoms with Gasteiger partial charge in [-0.2, -0.15) is 5.10 Å². The number of rotatable bonds is 7. The molecule has 4 rings (SSSR count). The molecule has 1 fully saturated rings. The molecule has 0 atom stereocenters. The van der Waals surface area contributed by atoms with Gasteiger partial charge in [-0.05, 0) is 62.1 Å². The number of fused-ring (bicyclic) bond motifs is 1. The van der Waals surface area contributed by atoms with Crippen LogP contribution in [0.2, 0.25) is 0 Å². The zero-order valence-electron chi connectivity index (χ0n) is 16.0. The first-order chi connectivity index (χ1) is 13.7. The van der Waals surface area contributed by atoms with Gasteiger partial charge in [0.1, 0.15) is 0 Å². The van der Waals surface area contributed by atoms with Gasteiger partial charge < -0.3 is 0 Å². The van der Waals surface area contributed by atoms with Crippen LogP contribution in [0.25, 0.3) is 22.0 Å². The van der Waals surface area contributed by atoms with E-state index in [0.29, 0.717) is 29.4 Å². The van der Waals surface area contributed by atoms with Gasteiger partial charge >= 0.3 is 0 Å². The monoisotopic (exact) mass is 434 g/mol. The molecule has 0 bridgehead atoms. The van der Waals surface area contributed by atoms with Crippen LogP contribution in [-0.4, -0.2) is 37.5 Å². The molecule has 0 saturated heterocycles. The fourth-order valence-electron chi connectivity index (χ4n) is 2.92. The number of aromatic amines is 1. The van der Waals surface area contributed by atoms with Gasteiger partial charge in [-0.3, -0.25) is 14.5 Å². The van der Waals surface area contributed by atoms with Gasteiger partial charge in [0, 0.05) is 11.1 Å². The Kier molecular flexibility index (Phi) is 4.78. The Morgan fingerprint density at radius 2 is 1.72 bits per heavy atom. The zero-order chi connectivity index (χ0) is 20.8. The molecule has 3 aromatic rings. The van der Waals surface area contributed by atoms with Crippen LogP contribution < -0.4 is 9.44 Å². The third kappa shape index (κ3) is 4.08. The fraction of sp³-hybridized carbons (Fsp3) is 0.316. The lowest BCUT2D eigenvalue weighted by atomic mass is 10.0. The average molecular weight is 435 g/mol. The van der Waals surface area contributed by atoms with E-state index < -0.39 is 25.3 Å². The van der Waals surface area contributed by atoms with Crippen LogP contribution in [0.1, 0.15) is 26.7 Å². The first-order valence-electron chi connectivity index (χ1n) is 9.27. The van der Waals surface area contributed by atoms with E-state index in [1.54, 1.807) is 38.1 Å². The summed E-state index contributed by atoms with van der Waals surface area (Å²) in [6.07, 6.45) is 1.41. The Morgan fingerprint density at radius 3 is 2.41 bits per heavy atom. The fourth-order valence-corrected chi connectivity index (χ4v) is 4.96. The van der Waals surface area contributed by atoms with Gasteiger partial charge in [0.05, 0.1) is 16.0 Å². The van der Waals surface area contributed by atoms with E-state index in [0.717, 1.165) is 11.1 Å². The second-order valence-corrected chi connectivity index (χ2v) is 11.7. The number of nitrogens with one attached hydrogen (secondary N) is 3. The van der Waals surface area contributed by atoms with Gasteiger partial charge in [0.15, 0.2) is 5.82 Å². The molecule has 2 aromatic carbocycles. The third-order valence-electron chi connectivity index (χ3n) is 4.84. The summed E-state index contributed by atoms with van der Waals surface area (Å²) in [5.74, 6) is 0.256. The van der Waals surface area contributed by atoms with Crippen LogP contribution in [0.4, 0.5) is 11.5 Å². The highest BCUT2D eigenvalue weighted by Crippen LogP contribution is 2.32. The molecule has 8 nitrogen and oxygen atoms in total. The largest absolute Gasteiger partial charge is 0.283 e. The van der Waals surface area contributed by atoms with Gasteiger partial charge in [-0.1, -0.05) is 18.2 Å². The number of anilines is 2. The van der Waals surface area contributed by atoms with Crippen molar-refractivity contribution in [3.63, 3.8) is 0 Å². The number of hydrogen-bond acceptors (Lipinski definition) is 5. The SMILES string of the molecule is CC(C)S(=O)(=O)Nc1n[nH]c2cc(-c3cccc(NS(=O)(=O)C4CC4)c3)ccc12. The molecule has 3 N–H and O–H groups in total. The quantitative estimate of drug-likeness (QED) is 0.527. The van der Waals surface area contributed by atoms with Gasteiger partial charge in [-0.25, -0.2) is 16.8 Å². The Hall–Kier alpha value is -2.59. The van der Waals surface area contributed by atoms with E-state index >= 15 is 0 Å². The minimum absolute atomic E-state index is 0.256. The predicted octanol–water partition coefficient (Wildman–Crippen LogP) is 3.28. The molecule has 1 saturated carbocycles. The van der Waals surface area contributed by atoms with Gasteiger partial charge in [0.25, 0.3) is 0 Å². The third-order valence-corrected chi connectivity index (χ3v) is 8.43. The summed E-state index contributed by atoms with van der Waals surface area (Å²) in [5.41, 5.74) is 2.88. The molecule has 1 heterocycles. The van der Waals surface area contributed by atoms with E-state index in [4.69, 9.17) is 0 Å². The summed E-state index contributed by atoms with van der Waals surface area (Å²) in [7, 11) is -6.82. The second-order valence-electron chi connectivity index (χ2n) is 7.46. The molecule has 29 heavy (non-hydrogen) atoms. The van der Waals surface area contributed by atoms with Crippen molar-refractivity contribution in [2.45, 2.75) is 37.2 Å². The van der Waals surface area contributed by atoms with Crippen LogP contribution in [-0.2, 0) is 20.0 Å². The minimum Gasteiger partial charge on any atom is -0.283 e. The number of hydrogen-bond donors (Lipinski definition) is 3. The number of H-pyrrole nitrogens is 1. The Labute approximate surface area is 169 Å². The molecule has 0 unspecified atom stereocenters. The van der Waals surface area contributed by atoms with E-state index in [-0.39, 0.29) is 11.1 Å². The summed E-state index contributed by atoms with van der Waals surface area (Å²) in [5, 5.41) is 6.72. The van der Waals surface area contributed by atoms with E-state index in [1.807, 2.05) is 18.2 Å². The maximum absolute atomic E-state index is 12.2. The van der Waals surface area contributed by atoms with Crippen molar-refractivity contribution < 1.29 is 16.8 Å². The summed E-state index contributed by atoms with van der Waals surface area (Å²) in [6.45, 7) is 3.19. The summed E-state index contributed by atoms with van der Waals surface area (Å²) < 4.78 is 53.7. The lowest BCUT2D eigenvalue weighted by Gasteiger charge is -2.10. The van der Waals surface area contributed by atoms with Crippen LogP contribution in [0.3, 0.4) is 0 Å². The molecule has 154 valence electrons. The summed E-state index contributed by atoms with van der Waals surface area (Å²) in [4.78, 5) is 0. The molecule has 0 radical (unpaired) electrons. The topological polar surface area (TPSA) is 121 Å².